The zero-order valence-electron chi connectivity index (χ0n) is 14.0. The molecule has 1 amide bonds. The lowest BCUT2D eigenvalue weighted by molar-refractivity contribution is 0.100. The number of H-pyrrole nitrogens is 1. The lowest BCUT2D eigenvalue weighted by Crippen LogP contribution is -2.26. The van der Waals surface area contributed by atoms with Crippen molar-refractivity contribution in [3.8, 4) is 11.4 Å². The molecule has 3 aromatic rings. The molecule has 4 N–H and O–H groups in total. The number of primary amides is 1. The highest BCUT2D eigenvalue weighted by Crippen LogP contribution is 2.29. The number of benzene rings is 2. The Morgan fingerprint density at radius 2 is 2.04 bits per heavy atom. The quantitative estimate of drug-likeness (QED) is 0.672. The molecule has 1 aliphatic heterocycles. The van der Waals surface area contributed by atoms with Crippen LogP contribution in [-0.4, -0.2) is 22.4 Å². The molecule has 2 aromatic carbocycles. The van der Waals surface area contributed by atoms with E-state index in [0.717, 1.165) is 37.4 Å². The Labute approximate surface area is 148 Å². The number of piperidine rings is 1. The molecule has 1 aromatic heterocycles. The van der Waals surface area contributed by atoms with E-state index >= 15 is 0 Å². The predicted molar refractivity (Wildman–Crippen MR) is 94.6 cm³/mol. The summed E-state index contributed by atoms with van der Waals surface area (Å²) in [4.78, 5) is 18.7. The van der Waals surface area contributed by atoms with Crippen LogP contribution in [0.1, 0.15) is 41.2 Å². The smallest absolute Gasteiger partial charge is 0.251 e. The number of carbonyl (C=O) groups is 1. The number of hydrogen-bond donors (Lipinski definition) is 3. The lowest BCUT2D eigenvalue weighted by Gasteiger charge is -2.24. The molecule has 134 valence electrons. The van der Waals surface area contributed by atoms with Crippen LogP contribution in [0.3, 0.4) is 0 Å². The predicted octanol–water partition coefficient (Wildman–Crippen LogP) is 3.42. The molecule has 0 unspecified atom stereocenters. The summed E-state index contributed by atoms with van der Waals surface area (Å²) in [7, 11) is 0. The Morgan fingerprint density at radius 3 is 2.73 bits per heavy atom. The number of aromatic nitrogens is 2. The molecule has 2 heterocycles. The Kier molecular flexibility index (Phi) is 4.16. The maximum Gasteiger partial charge on any atom is 0.251 e. The summed E-state index contributed by atoms with van der Waals surface area (Å²) >= 11 is 0. The number of hydrogen-bond acceptors (Lipinski definition) is 3. The monoisotopic (exact) mass is 356 g/mol. The van der Waals surface area contributed by atoms with E-state index in [9.17, 15) is 13.6 Å². The number of nitrogens with one attached hydrogen (secondary N) is 2. The topological polar surface area (TPSA) is 83.8 Å². The number of halogens is 2. The molecule has 4 rings (SSSR count). The summed E-state index contributed by atoms with van der Waals surface area (Å²) in [6.07, 6.45) is 3.23. The molecule has 0 saturated carbocycles. The van der Waals surface area contributed by atoms with Gasteiger partial charge in [0.2, 0.25) is 0 Å². The molecule has 1 saturated heterocycles. The van der Waals surface area contributed by atoms with Crippen LogP contribution in [0.5, 0.6) is 0 Å². The fourth-order valence-electron chi connectivity index (χ4n) is 3.47. The van der Waals surface area contributed by atoms with E-state index in [-0.39, 0.29) is 28.5 Å². The first kappa shape index (κ1) is 16.7. The van der Waals surface area contributed by atoms with Gasteiger partial charge in [0.1, 0.15) is 23.0 Å². The van der Waals surface area contributed by atoms with Gasteiger partial charge in [0, 0.05) is 6.04 Å². The van der Waals surface area contributed by atoms with Crippen molar-refractivity contribution >= 4 is 16.9 Å². The van der Waals surface area contributed by atoms with Crippen LogP contribution in [0.15, 0.2) is 30.3 Å². The van der Waals surface area contributed by atoms with Gasteiger partial charge in [-0.25, -0.2) is 13.8 Å². The highest BCUT2D eigenvalue weighted by molar-refractivity contribution is 6.04. The largest absolute Gasteiger partial charge is 0.366 e. The van der Waals surface area contributed by atoms with E-state index < -0.39 is 17.5 Å². The Hall–Kier alpha value is -2.80. The zero-order valence-corrected chi connectivity index (χ0v) is 14.0. The highest BCUT2D eigenvalue weighted by atomic mass is 19.1. The number of imidazole rings is 1. The summed E-state index contributed by atoms with van der Waals surface area (Å²) in [5.41, 5.74) is 6.93. The third-order valence-electron chi connectivity index (χ3n) is 4.78. The van der Waals surface area contributed by atoms with Crippen LogP contribution in [0.25, 0.3) is 22.4 Å². The first-order chi connectivity index (χ1) is 12.5. The molecule has 7 heteroatoms. The van der Waals surface area contributed by atoms with E-state index in [4.69, 9.17) is 5.73 Å². The summed E-state index contributed by atoms with van der Waals surface area (Å²) in [6.45, 7) is 0.930. The number of amides is 1. The van der Waals surface area contributed by atoms with Crippen molar-refractivity contribution < 1.29 is 13.6 Å². The molecule has 26 heavy (non-hydrogen) atoms. The van der Waals surface area contributed by atoms with Gasteiger partial charge in [-0.3, -0.25) is 4.79 Å². The van der Waals surface area contributed by atoms with Crippen molar-refractivity contribution in [2.24, 2.45) is 5.73 Å². The SMILES string of the molecule is NC(=O)c1cc(F)cc2[nH]c(-c3ccc([C@H]4CCCCN4)cc3F)nc12. The summed E-state index contributed by atoms with van der Waals surface area (Å²) < 4.78 is 28.4. The standard InChI is InChI=1S/C19H18F2N4O/c20-11-8-13(18(22)26)17-16(9-11)24-19(25-17)12-5-4-10(7-14(12)21)15-3-1-2-6-23-15/h4-5,7-9,15,23H,1-3,6H2,(H2,22,26)(H,24,25)/t15-/m1/s1. The molecule has 1 atom stereocenters. The van der Waals surface area contributed by atoms with E-state index in [1.54, 1.807) is 6.07 Å². The van der Waals surface area contributed by atoms with E-state index in [0.29, 0.717) is 5.52 Å². The van der Waals surface area contributed by atoms with Crippen LogP contribution < -0.4 is 11.1 Å². The molecule has 1 fully saturated rings. The molecule has 5 nitrogen and oxygen atoms in total. The van der Waals surface area contributed by atoms with Gasteiger partial charge in [0.05, 0.1) is 16.6 Å². The molecular formula is C19H18F2N4O. The summed E-state index contributed by atoms with van der Waals surface area (Å²) in [5.74, 6) is -1.59. The summed E-state index contributed by atoms with van der Waals surface area (Å²) in [6, 6.07) is 7.41. The van der Waals surface area contributed by atoms with Crippen molar-refractivity contribution in [1.29, 1.82) is 0 Å². The van der Waals surface area contributed by atoms with Crippen LogP contribution in [0, 0.1) is 11.6 Å². The Balaban J connectivity index is 1.75. The third kappa shape index (κ3) is 2.94. The van der Waals surface area contributed by atoms with Gasteiger partial charge in [-0.1, -0.05) is 12.5 Å². The normalized spacial score (nSPS) is 17.5. The first-order valence-corrected chi connectivity index (χ1v) is 8.55. The Bertz CT molecular complexity index is 993. The van der Waals surface area contributed by atoms with Crippen molar-refractivity contribution in [2.75, 3.05) is 6.54 Å². The second-order valence-electron chi connectivity index (χ2n) is 6.54. The van der Waals surface area contributed by atoms with Gasteiger partial charge >= 0.3 is 0 Å². The van der Waals surface area contributed by atoms with Crippen molar-refractivity contribution in [2.45, 2.75) is 25.3 Å². The number of nitrogens with two attached hydrogens (primary N) is 1. The van der Waals surface area contributed by atoms with Crippen LogP contribution in [0.2, 0.25) is 0 Å². The minimum Gasteiger partial charge on any atom is -0.366 e. The number of carbonyl (C=O) groups excluding carboxylic acids is 1. The second kappa shape index (κ2) is 6.49. The van der Waals surface area contributed by atoms with E-state index in [1.165, 1.54) is 12.1 Å². The van der Waals surface area contributed by atoms with Gasteiger partial charge in [-0.15, -0.1) is 0 Å². The van der Waals surface area contributed by atoms with Gasteiger partial charge < -0.3 is 16.0 Å². The van der Waals surface area contributed by atoms with Crippen molar-refractivity contribution in [3.63, 3.8) is 0 Å². The van der Waals surface area contributed by atoms with Gasteiger partial charge in [-0.05, 0) is 49.2 Å². The van der Waals surface area contributed by atoms with Gasteiger partial charge in [0.15, 0.2) is 0 Å². The molecule has 0 radical (unpaired) electrons. The van der Waals surface area contributed by atoms with Crippen molar-refractivity contribution in [1.82, 2.24) is 15.3 Å². The molecule has 0 spiro atoms. The minimum absolute atomic E-state index is 0.0362. The maximum absolute atomic E-state index is 14.7. The molecule has 0 bridgehead atoms. The minimum atomic E-state index is -0.785. The maximum atomic E-state index is 14.7. The average Bonchev–Trinajstić information content (AvgIpc) is 3.04. The fraction of sp³-hybridized carbons (Fsp3) is 0.263. The lowest BCUT2D eigenvalue weighted by atomic mass is 9.96. The fourth-order valence-corrected chi connectivity index (χ4v) is 3.47. The van der Waals surface area contributed by atoms with E-state index in [1.807, 2.05) is 6.07 Å². The summed E-state index contributed by atoms with van der Waals surface area (Å²) in [5, 5.41) is 3.39. The number of rotatable bonds is 3. The van der Waals surface area contributed by atoms with Gasteiger partial charge in [-0.2, -0.15) is 0 Å². The first-order valence-electron chi connectivity index (χ1n) is 8.55. The molecule has 1 aliphatic rings. The number of fused-ring (bicyclic) bond motifs is 1. The van der Waals surface area contributed by atoms with E-state index in [2.05, 4.69) is 15.3 Å². The van der Waals surface area contributed by atoms with Gasteiger partial charge in [0.25, 0.3) is 5.91 Å². The zero-order chi connectivity index (χ0) is 18.3. The van der Waals surface area contributed by atoms with Crippen molar-refractivity contribution in [3.05, 3.63) is 53.1 Å². The molecule has 0 aliphatic carbocycles. The number of nitrogens with zero attached hydrogens (tertiary/aromatic N) is 1. The average molecular weight is 356 g/mol. The van der Waals surface area contributed by atoms with Crippen LogP contribution in [-0.2, 0) is 0 Å². The van der Waals surface area contributed by atoms with Crippen LogP contribution in [0.4, 0.5) is 8.78 Å². The Morgan fingerprint density at radius 1 is 1.19 bits per heavy atom. The highest BCUT2D eigenvalue weighted by Gasteiger charge is 2.19. The number of aromatic amines is 1. The second-order valence-corrected chi connectivity index (χ2v) is 6.54. The van der Waals surface area contributed by atoms with Crippen LogP contribution >= 0.6 is 0 Å². The molecular weight excluding hydrogens is 338 g/mol. The third-order valence-corrected chi connectivity index (χ3v) is 4.78.